The van der Waals surface area contributed by atoms with E-state index in [1.54, 1.807) is 0 Å². The minimum Gasteiger partial charge on any atom is -0.396 e. The first kappa shape index (κ1) is 20.8. The molecule has 1 atom stereocenters. The molecule has 0 aromatic carbocycles. The van der Waals surface area contributed by atoms with Gasteiger partial charge in [-0.3, -0.25) is 19.6 Å². The van der Waals surface area contributed by atoms with Crippen molar-refractivity contribution in [2.24, 2.45) is 11.3 Å². The number of nitrogens with zero attached hydrogens (tertiary/aromatic N) is 4. The van der Waals surface area contributed by atoms with Crippen molar-refractivity contribution in [2.75, 3.05) is 46.4 Å². The minimum atomic E-state index is -0.000133. The van der Waals surface area contributed by atoms with Crippen LogP contribution in [0.2, 0.25) is 0 Å². The zero-order valence-corrected chi connectivity index (χ0v) is 17.8. The third-order valence-corrected chi connectivity index (χ3v) is 7.25. The molecular weight excluding hydrogens is 364 g/mol. The molecule has 0 unspecified atom stereocenters. The van der Waals surface area contributed by atoms with E-state index in [-0.39, 0.29) is 23.8 Å². The quantitative estimate of drug-likeness (QED) is 0.759. The molecule has 1 aromatic heterocycles. The van der Waals surface area contributed by atoms with Gasteiger partial charge in [-0.2, -0.15) is 0 Å². The van der Waals surface area contributed by atoms with Gasteiger partial charge in [-0.05, 0) is 69.8 Å². The SMILES string of the molecule is CN(CC1(CO)CC1)C(=O)[C@@H]1CCCN(C2CCN(Cc3cccnc3)CC2)C1. The van der Waals surface area contributed by atoms with Crippen LogP contribution >= 0.6 is 0 Å². The number of hydrogen-bond acceptors (Lipinski definition) is 5. The third-order valence-electron chi connectivity index (χ3n) is 7.25. The highest BCUT2D eigenvalue weighted by Crippen LogP contribution is 2.45. The Labute approximate surface area is 174 Å². The van der Waals surface area contributed by atoms with Gasteiger partial charge in [0.15, 0.2) is 0 Å². The summed E-state index contributed by atoms with van der Waals surface area (Å²) in [7, 11) is 1.92. The van der Waals surface area contributed by atoms with Crippen LogP contribution < -0.4 is 0 Å². The van der Waals surface area contributed by atoms with Gasteiger partial charge in [-0.15, -0.1) is 0 Å². The lowest BCUT2D eigenvalue weighted by Gasteiger charge is -2.42. The molecule has 0 bridgehead atoms. The van der Waals surface area contributed by atoms with E-state index in [4.69, 9.17) is 0 Å². The molecule has 2 aliphatic heterocycles. The zero-order valence-electron chi connectivity index (χ0n) is 17.8. The molecule has 2 saturated heterocycles. The molecule has 1 aliphatic carbocycles. The van der Waals surface area contributed by atoms with Gasteiger partial charge in [0, 0.05) is 50.5 Å². The van der Waals surface area contributed by atoms with Crippen LogP contribution in [0.25, 0.3) is 0 Å². The molecule has 0 spiro atoms. The van der Waals surface area contributed by atoms with Crippen molar-refractivity contribution < 1.29 is 9.90 Å². The normalized spacial score (nSPS) is 25.7. The van der Waals surface area contributed by atoms with E-state index in [1.807, 2.05) is 30.4 Å². The van der Waals surface area contributed by atoms with E-state index in [0.29, 0.717) is 12.6 Å². The number of hydrogen-bond donors (Lipinski definition) is 1. The molecule has 3 fully saturated rings. The van der Waals surface area contributed by atoms with Crippen molar-refractivity contribution in [3.8, 4) is 0 Å². The number of aliphatic hydroxyl groups excluding tert-OH is 1. The first-order valence-corrected chi connectivity index (χ1v) is 11.3. The summed E-state index contributed by atoms with van der Waals surface area (Å²) in [6.45, 7) is 6.18. The van der Waals surface area contributed by atoms with Crippen LogP contribution in [-0.2, 0) is 11.3 Å². The minimum absolute atomic E-state index is 0.000133. The molecule has 0 radical (unpaired) electrons. The number of piperidine rings is 2. The number of likely N-dealkylation sites (tertiary alicyclic amines) is 2. The number of pyridine rings is 1. The van der Waals surface area contributed by atoms with Gasteiger partial charge in [0.2, 0.25) is 5.91 Å². The van der Waals surface area contributed by atoms with Gasteiger partial charge in [-0.25, -0.2) is 0 Å². The monoisotopic (exact) mass is 400 g/mol. The maximum Gasteiger partial charge on any atom is 0.226 e. The van der Waals surface area contributed by atoms with Crippen LogP contribution in [0.15, 0.2) is 24.5 Å². The topological polar surface area (TPSA) is 59.9 Å². The molecule has 6 heteroatoms. The fourth-order valence-corrected chi connectivity index (χ4v) is 5.17. The number of aromatic nitrogens is 1. The van der Waals surface area contributed by atoms with Gasteiger partial charge in [-0.1, -0.05) is 6.07 Å². The van der Waals surface area contributed by atoms with E-state index < -0.39 is 0 Å². The summed E-state index contributed by atoms with van der Waals surface area (Å²) in [5.41, 5.74) is 1.29. The van der Waals surface area contributed by atoms with Crippen molar-refractivity contribution in [3.05, 3.63) is 30.1 Å². The van der Waals surface area contributed by atoms with Crippen molar-refractivity contribution in [2.45, 2.75) is 51.1 Å². The molecule has 29 heavy (non-hydrogen) atoms. The van der Waals surface area contributed by atoms with E-state index >= 15 is 0 Å². The largest absolute Gasteiger partial charge is 0.396 e. The summed E-state index contributed by atoms with van der Waals surface area (Å²) in [4.78, 5) is 24.2. The predicted molar refractivity (Wildman–Crippen MR) is 113 cm³/mol. The van der Waals surface area contributed by atoms with E-state index in [2.05, 4.69) is 20.9 Å². The first-order chi connectivity index (χ1) is 14.1. The van der Waals surface area contributed by atoms with Crippen LogP contribution in [0.5, 0.6) is 0 Å². The van der Waals surface area contributed by atoms with Crippen LogP contribution in [-0.4, -0.2) is 83.1 Å². The van der Waals surface area contributed by atoms with Gasteiger partial charge in [0.1, 0.15) is 0 Å². The molecule has 1 aromatic rings. The fourth-order valence-electron chi connectivity index (χ4n) is 5.17. The number of amides is 1. The first-order valence-electron chi connectivity index (χ1n) is 11.3. The zero-order chi connectivity index (χ0) is 20.3. The van der Waals surface area contributed by atoms with Gasteiger partial charge < -0.3 is 10.0 Å². The van der Waals surface area contributed by atoms with E-state index in [9.17, 15) is 9.90 Å². The highest BCUT2D eigenvalue weighted by molar-refractivity contribution is 5.79. The standard InChI is InChI=1S/C23H36N4O2/c1-25(17-23(18-28)8-9-23)22(29)20-5-3-11-27(16-20)21-6-12-26(13-7-21)15-19-4-2-10-24-14-19/h2,4,10,14,20-21,28H,3,5-9,11-13,15-18H2,1H3/t20-/m1/s1. The van der Waals surface area contributed by atoms with Gasteiger partial charge in [0.25, 0.3) is 0 Å². The Bertz CT molecular complexity index is 671. The second-order valence-corrected chi connectivity index (χ2v) is 9.56. The Morgan fingerprint density at radius 3 is 2.72 bits per heavy atom. The number of rotatable bonds is 7. The molecule has 4 rings (SSSR count). The van der Waals surface area contributed by atoms with Gasteiger partial charge in [0.05, 0.1) is 12.5 Å². The Morgan fingerprint density at radius 2 is 2.07 bits per heavy atom. The molecule has 1 saturated carbocycles. The summed E-state index contributed by atoms with van der Waals surface area (Å²) in [5, 5.41) is 9.57. The maximum atomic E-state index is 13.0. The lowest BCUT2D eigenvalue weighted by molar-refractivity contribution is -0.137. The molecule has 3 heterocycles. The lowest BCUT2D eigenvalue weighted by Crippen LogP contribution is -2.51. The summed E-state index contributed by atoms with van der Waals surface area (Å²) in [5.74, 6) is 0.403. The summed E-state index contributed by atoms with van der Waals surface area (Å²) >= 11 is 0. The van der Waals surface area contributed by atoms with Crippen molar-refractivity contribution in [3.63, 3.8) is 0 Å². The smallest absolute Gasteiger partial charge is 0.226 e. The number of carbonyl (C=O) groups excluding carboxylic acids is 1. The fraction of sp³-hybridized carbons (Fsp3) is 0.739. The molecule has 6 nitrogen and oxygen atoms in total. The molecule has 160 valence electrons. The van der Waals surface area contributed by atoms with Crippen molar-refractivity contribution >= 4 is 5.91 Å². The van der Waals surface area contributed by atoms with Crippen molar-refractivity contribution in [1.82, 2.24) is 19.7 Å². The predicted octanol–water partition coefficient (Wildman–Crippen LogP) is 1.99. The number of carbonyl (C=O) groups is 1. The second-order valence-electron chi connectivity index (χ2n) is 9.56. The maximum absolute atomic E-state index is 13.0. The van der Waals surface area contributed by atoms with Crippen LogP contribution in [0, 0.1) is 11.3 Å². The Hall–Kier alpha value is -1.50. The van der Waals surface area contributed by atoms with E-state index in [0.717, 1.165) is 58.4 Å². The second kappa shape index (κ2) is 9.11. The lowest BCUT2D eigenvalue weighted by atomic mass is 9.92. The highest BCUT2D eigenvalue weighted by Gasteiger charge is 2.44. The Morgan fingerprint density at radius 1 is 1.28 bits per heavy atom. The third kappa shape index (κ3) is 5.16. The van der Waals surface area contributed by atoms with E-state index in [1.165, 1.54) is 18.4 Å². The summed E-state index contributed by atoms with van der Waals surface area (Å²) in [6.07, 6.45) is 10.4. The Balaban J connectivity index is 1.25. The van der Waals surface area contributed by atoms with Gasteiger partial charge >= 0.3 is 0 Å². The Kier molecular flexibility index (Phi) is 6.52. The molecule has 1 N–H and O–H groups in total. The van der Waals surface area contributed by atoms with Crippen LogP contribution in [0.4, 0.5) is 0 Å². The highest BCUT2D eigenvalue weighted by atomic mass is 16.3. The van der Waals surface area contributed by atoms with Crippen LogP contribution in [0.1, 0.15) is 44.1 Å². The summed E-state index contributed by atoms with van der Waals surface area (Å²) in [6, 6.07) is 4.77. The number of aliphatic hydroxyl groups is 1. The molecule has 1 amide bonds. The average molecular weight is 401 g/mol. The van der Waals surface area contributed by atoms with Crippen molar-refractivity contribution in [1.29, 1.82) is 0 Å². The summed E-state index contributed by atoms with van der Waals surface area (Å²) < 4.78 is 0. The molecular formula is C23H36N4O2. The molecule has 3 aliphatic rings. The average Bonchev–Trinajstić information content (AvgIpc) is 3.54. The van der Waals surface area contributed by atoms with Crippen LogP contribution in [0.3, 0.4) is 0 Å².